The quantitative estimate of drug-likeness (QED) is 0.681. The van der Waals surface area contributed by atoms with Crippen molar-refractivity contribution in [3.8, 4) is 0 Å². The van der Waals surface area contributed by atoms with Crippen molar-refractivity contribution in [1.82, 2.24) is 5.32 Å². The maximum atomic E-state index is 12.4. The maximum Gasteiger partial charge on any atom is 0.310 e. The molecule has 0 heterocycles. The second-order valence-corrected chi connectivity index (χ2v) is 6.94. The zero-order chi connectivity index (χ0) is 17.1. The average molecular weight is 351 g/mol. The van der Waals surface area contributed by atoms with Crippen LogP contribution in [-0.4, -0.2) is 42.8 Å². The Morgan fingerprint density at radius 1 is 1.30 bits per heavy atom. The van der Waals surface area contributed by atoms with Crippen LogP contribution in [0.25, 0.3) is 0 Å². The van der Waals surface area contributed by atoms with E-state index in [1.54, 1.807) is 20.8 Å². The lowest BCUT2D eigenvalue weighted by atomic mass is 9.54. The lowest BCUT2D eigenvalue weighted by molar-refractivity contribution is -0.171. The largest absolute Gasteiger partial charge is 0.463 e. The highest BCUT2D eigenvalue weighted by Gasteiger charge is 2.62. The van der Waals surface area contributed by atoms with E-state index in [4.69, 9.17) is 15.2 Å². The number of amides is 1. The molecule has 1 aliphatic carbocycles. The smallest absolute Gasteiger partial charge is 0.310 e. The summed E-state index contributed by atoms with van der Waals surface area (Å²) < 4.78 is 10.7. The van der Waals surface area contributed by atoms with Crippen molar-refractivity contribution >= 4 is 24.3 Å². The van der Waals surface area contributed by atoms with Gasteiger partial charge in [-0.3, -0.25) is 9.59 Å². The number of rotatable bonds is 7. The van der Waals surface area contributed by atoms with Gasteiger partial charge in [0, 0.05) is 25.0 Å². The second-order valence-electron chi connectivity index (χ2n) is 6.94. The van der Waals surface area contributed by atoms with E-state index in [1.807, 2.05) is 20.8 Å². The summed E-state index contributed by atoms with van der Waals surface area (Å²) in [4.78, 5) is 24.2. The molecule has 0 spiro atoms. The number of halogens is 1. The minimum absolute atomic E-state index is 0. The predicted molar refractivity (Wildman–Crippen MR) is 91.4 cm³/mol. The Kier molecular flexibility index (Phi) is 8.00. The summed E-state index contributed by atoms with van der Waals surface area (Å²) in [5, 5.41) is 2.78. The van der Waals surface area contributed by atoms with Crippen molar-refractivity contribution in [1.29, 1.82) is 0 Å². The average Bonchev–Trinajstić information content (AvgIpc) is 2.42. The number of nitrogens with two attached hydrogens (primary N) is 1. The number of nitrogens with one attached hydrogen (secondary N) is 1. The topological polar surface area (TPSA) is 90.6 Å². The second kappa shape index (κ2) is 8.31. The maximum absolute atomic E-state index is 12.4. The normalized spacial score (nSPS) is 26.7. The van der Waals surface area contributed by atoms with E-state index in [2.05, 4.69) is 5.32 Å². The van der Waals surface area contributed by atoms with Crippen molar-refractivity contribution in [3.63, 3.8) is 0 Å². The number of carbonyl (C=O) groups is 2. The summed E-state index contributed by atoms with van der Waals surface area (Å²) in [7, 11) is 0. The van der Waals surface area contributed by atoms with Gasteiger partial charge in [-0.1, -0.05) is 20.8 Å². The molecule has 7 heteroatoms. The third-order valence-electron chi connectivity index (χ3n) is 4.56. The molecule has 3 unspecified atom stereocenters. The molecule has 3 atom stereocenters. The van der Waals surface area contributed by atoms with Crippen LogP contribution in [0.2, 0.25) is 0 Å². The summed E-state index contributed by atoms with van der Waals surface area (Å²) in [6.45, 7) is 11.9. The molecule has 1 aliphatic rings. The van der Waals surface area contributed by atoms with Gasteiger partial charge in [-0.2, -0.15) is 0 Å². The van der Waals surface area contributed by atoms with Gasteiger partial charge in [-0.05, 0) is 20.8 Å². The van der Waals surface area contributed by atoms with Crippen molar-refractivity contribution in [2.24, 2.45) is 17.1 Å². The number of carbonyl (C=O) groups excluding carboxylic acids is 2. The van der Waals surface area contributed by atoms with Crippen LogP contribution < -0.4 is 11.1 Å². The lowest BCUT2D eigenvalue weighted by Gasteiger charge is -2.57. The fourth-order valence-electron chi connectivity index (χ4n) is 2.66. The lowest BCUT2D eigenvalue weighted by Crippen LogP contribution is -2.75. The summed E-state index contributed by atoms with van der Waals surface area (Å²) in [6.07, 6.45) is 0.311. The van der Waals surface area contributed by atoms with E-state index >= 15 is 0 Å². The number of hydrogen-bond acceptors (Lipinski definition) is 5. The zero-order valence-corrected chi connectivity index (χ0v) is 15.8. The van der Waals surface area contributed by atoms with Gasteiger partial charge in [0.25, 0.3) is 0 Å². The van der Waals surface area contributed by atoms with Crippen LogP contribution in [0, 0.1) is 11.3 Å². The Labute approximate surface area is 145 Å². The van der Waals surface area contributed by atoms with Crippen molar-refractivity contribution in [3.05, 3.63) is 0 Å². The first kappa shape index (κ1) is 22.1. The number of ether oxygens (including phenoxy) is 2. The van der Waals surface area contributed by atoms with Crippen LogP contribution in [0.15, 0.2) is 0 Å². The molecule has 0 aromatic rings. The van der Waals surface area contributed by atoms with E-state index in [-0.39, 0.29) is 43.0 Å². The molecule has 1 fully saturated rings. The van der Waals surface area contributed by atoms with E-state index in [9.17, 15) is 9.59 Å². The van der Waals surface area contributed by atoms with Gasteiger partial charge in [-0.25, -0.2) is 0 Å². The van der Waals surface area contributed by atoms with Gasteiger partial charge in [-0.15, -0.1) is 12.4 Å². The molecule has 0 saturated heterocycles. The van der Waals surface area contributed by atoms with Gasteiger partial charge in [0.1, 0.15) is 5.54 Å². The summed E-state index contributed by atoms with van der Waals surface area (Å²) in [6, 6.07) is 0. The summed E-state index contributed by atoms with van der Waals surface area (Å²) in [5.74, 6) is -0.958. The molecule has 0 aromatic carbocycles. The standard InChI is InChI=1S/C16H30N2O4.ClH/c1-7-21-12-8-16(17,15(12,5)6)14(20)18-9-11(4)13(19)22-10(2)3;/h10-12H,7-9,17H2,1-6H3,(H,18,20);1H. The van der Waals surface area contributed by atoms with Crippen molar-refractivity contribution in [2.75, 3.05) is 13.2 Å². The van der Waals surface area contributed by atoms with E-state index in [1.165, 1.54) is 0 Å². The van der Waals surface area contributed by atoms with Crippen LogP contribution in [0.4, 0.5) is 0 Å². The molecule has 1 saturated carbocycles. The monoisotopic (exact) mass is 350 g/mol. The van der Waals surface area contributed by atoms with Crippen LogP contribution >= 0.6 is 12.4 Å². The molecular formula is C16H31ClN2O4. The van der Waals surface area contributed by atoms with E-state index < -0.39 is 16.9 Å². The Balaban J connectivity index is 0.00000484. The number of hydrogen-bond donors (Lipinski definition) is 2. The fraction of sp³-hybridized carbons (Fsp3) is 0.875. The van der Waals surface area contributed by atoms with Gasteiger partial charge in [0.15, 0.2) is 0 Å². The van der Waals surface area contributed by atoms with Crippen LogP contribution in [0.3, 0.4) is 0 Å². The molecule has 0 bridgehead atoms. The van der Waals surface area contributed by atoms with Gasteiger partial charge >= 0.3 is 5.97 Å². The molecule has 1 rings (SSSR count). The van der Waals surface area contributed by atoms with Crippen LogP contribution in [0.1, 0.15) is 48.0 Å². The SMILES string of the molecule is CCOC1CC(N)(C(=O)NCC(C)C(=O)OC(C)C)C1(C)C.Cl. The predicted octanol–water partition coefficient (Wildman–Crippen LogP) is 1.64. The Morgan fingerprint density at radius 3 is 2.30 bits per heavy atom. The van der Waals surface area contributed by atoms with E-state index in [0.29, 0.717) is 13.0 Å². The minimum atomic E-state index is -0.964. The Morgan fingerprint density at radius 2 is 1.87 bits per heavy atom. The highest BCUT2D eigenvalue weighted by Crippen LogP contribution is 2.49. The summed E-state index contributed by atoms with van der Waals surface area (Å²) >= 11 is 0. The highest BCUT2D eigenvalue weighted by atomic mass is 35.5. The Bertz CT molecular complexity index is 428. The van der Waals surface area contributed by atoms with Gasteiger partial charge in [0.05, 0.1) is 18.1 Å². The molecule has 0 aliphatic heterocycles. The first-order chi connectivity index (χ1) is 10.1. The highest BCUT2D eigenvalue weighted by molar-refractivity contribution is 5.89. The molecule has 0 aromatic heterocycles. The van der Waals surface area contributed by atoms with E-state index in [0.717, 1.165) is 0 Å². The molecule has 0 radical (unpaired) electrons. The molecule has 1 amide bonds. The first-order valence-electron chi connectivity index (χ1n) is 7.95. The molecular weight excluding hydrogens is 320 g/mol. The third-order valence-corrected chi connectivity index (χ3v) is 4.56. The first-order valence-corrected chi connectivity index (χ1v) is 7.95. The minimum Gasteiger partial charge on any atom is -0.463 e. The van der Waals surface area contributed by atoms with Crippen LogP contribution in [-0.2, 0) is 19.1 Å². The number of esters is 1. The van der Waals surface area contributed by atoms with Crippen molar-refractivity contribution < 1.29 is 19.1 Å². The van der Waals surface area contributed by atoms with Crippen LogP contribution in [0.5, 0.6) is 0 Å². The fourth-order valence-corrected chi connectivity index (χ4v) is 2.66. The van der Waals surface area contributed by atoms with Gasteiger partial charge in [0.2, 0.25) is 5.91 Å². The third kappa shape index (κ3) is 4.58. The molecule has 6 nitrogen and oxygen atoms in total. The van der Waals surface area contributed by atoms with Crippen molar-refractivity contribution in [2.45, 2.75) is 65.7 Å². The Hall–Kier alpha value is -0.850. The summed E-state index contributed by atoms with van der Waals surface area (Å²) in [5.41, 5.74) is 4.88. The molecule has 136 valence electrons. The van der Waals surface area contributed by atoms with Gasteiger partial charge < -0.3 is 20.5 Å². The zero-order valence-electron chi connectivity index (χ0n) is 15.0. The molecule has 3 N–H and O–H groups in total. The molecule has 23 heavy (non-hydrogen) atoms.